The van der Waals surface area contributed by atoms with Gasteiger partial charge in [-0.3, -0.25) is 0 Å². The fourth-order valence-electron chi connectivity index (χ4n) is 2.37. The number of fused-ring (bicyclic) bond motifs is 1. The lowest BCUT2D eigenvalue weighted by atomic mass is 9.99. The van der Waals surface area contributed by atoms with Crippen molar-refractivity contribution in [2.45, 2.75) is 19.4 Å². The van der Waals surface area contributed by atoms with Crippen LogP contribution >= 0.6 is 27.3 Å². The van der Waals surface area contributed by atoms with Gasteiger partial charge in [0.25, 0.3) is 0 Å². The first kappa shape index (κ1) is 12.9. The van der Waals surface area contributed by atoms with E-state index in [2.05, 4.69) is 40.4 Å². The third-order valence-electron chi connectivity index (χ3n) is 3.35. The molecule has 1 atom stereocenters. The zero-order valence-electron chi connectivity index (χ0n) is 10.5. The summed E-state index contributed by atoms with van der Waals surface area (Å²) in [5, 5.41) is 3.36. The van der Waals surface area contributed by atoms with Crippen LogP contribution in [-0.4, -0.2) is 0 Å². The maximum absolute atomic E-state index is 6.43. The Balaban J connectivity index is 2.12. The van der Waals surface area contributed by atoms with Gasteiger partial charge in [0.05, 0.1) is 12.3 Å². The maximum Gasteiger partial charge on any atom is 0.108 e. The number of benzene rings is 1. The van der Waals surface area contributed by atoms with Crippen molar-refractivity contribution >= 4 is 37.4 Å². The Morgan fingerprint density at radius 1 is 1.32 bits per heavy atom. The van der Waals surface area contributed by atoms with Crippen molar-refractivity contribution in [3.8, 4) is 0 Å². The molecular weight excluding hydrogens is 322 g/mol. The van der Waals surface area contributed by atoms with Gasteiger partial charge in [-0.1, -0.05) is 19.1 Å². The highest BCUT2D eigenvalue weighted by Crippen LogP contribution is 2.37. The van der Waals surface area contributed by atoms with Crippen molar-refractivity contribution in [1.82, 2.24) is 0 Å². The van der Waals surface area contributed by atoms with E-state index < -0.39 is 0 Å². The Labute approximate surface area is 124 Å². The molecule has 0 bridgehead atoms. The van der Waals surface area contributed by atoms with E-state index in [4.69, 9.17) is 10.2 Å². The van der Waals surface area contributed by atoms with Gasteiger partial charge in [0.1, 0.15) is 5.76 Å². The average molecular weight is 336 g/mol. The molecule has 2 heterocycles. The zero-order chi connectivity index (χ0) is 13.4. The summed E-state index contributed by atoms with van der Waals surface area (Å²) in [7, 11) is 0. The summed E-state index contributed by atoms with van der Waals surface area (Å²) in [5.74, 6) is 0.974. The Bertz CT molecular complexity index is 716. The third kappa shape index (κ3) is 2.14. The van der Waals surface area contributed by atoms with Crippen molar-refractivity contribution in [3.05, 3.63) is 57.3 Å². The van der Waals surface area contributed by atoms with Crippen molar-refractivity contribution in [1.29, 1.82) is 0 Å². The summed E-state index contributed by atoms with van der Waals surface area (Å²) in [4.78, 5) is 0. The number of nitrogens with two attached hydrogens (primary N) is 1. The summed E-state index contributed by atoms with van der Waals surface area (Å²) >= 11 is 5.31. The lowest BCUT2D eigenvalue weighted by Gasteiger charge is -2.11. The first-order valence-electron chi connectivity index (χ1n) is 6.19. The summed E-state index contributed by atoms with van der Waals surface area (Å²) in [6.45, 7) is 2.08. The minimum absolute atomic E-state index is 0.128. The van der Waals surface area contributed by atoms with E-state index in [0.29, 0.717) is 0 Å². The van der Waals surface area contributed by atoms with Gasteiger partial charge >= 0.3 is 0 Å². The molecule has 19 heavy (non-hydrogen) atoms. The molecule has 2 nitrogen and oxygen atoms in total. The summed E-state index contributed by atoms with van der Waals surface area (Å²) in [6.07, 6.45) is 2.58. The van der Waals surface area contributed by atoms with E-state index in [1.807, 2.05) is 12.1 Å². The van der Waals surface area contributed by atoms with Crippen molar-refractivity contribution in [3.63, 3.8) is 0 Å². The highest BCUT2D eigenvalue weighted by molar-refractivity contribution is 9.10. The fraction of sp³-hybridized carbons (Fsp3) is 0.200. The SMILES string of the molecule is CCc1occc1C(N)c1csc2c(Br)cccc12. The molecule has 0 aliphatic rings. The van der Waals surface area contributed by atoms with Crippen molar-refractivity contribution in [2.24, 2.45) is 5.73 Å². The second kappa shape index (κ2) is 5.12. The van der Waals surface area contributed by atoms with Gasteiger partial charge in [-0.15, -0.1) is 11.3 Å². The van der Waals surface area contributed by atoms with Crippen LogP contribution < -0.4 is 5.73 Å². The van der Waals surface area contributed by atoms with E-state index in [1.165, 1.54) is 10.1 Å². The number of hydrogen-bond donors (Lipinski definition) is 1. The van der Waals surface area contributed by atoms with Crippen LogP contribution in [0.25, 0.3) is 10.1 Å². The second-order valence-corrected chi connectivity index (χ2v) is 6.17. The topological polar surface area (TPSA) is 39.2 Å². The van der Waals surface area contributed by atoms with Gasteiger partial charge in [0.2, 0.25) is 0 Å². The van der Waals surface area contributed by atoms with Gasteiger partial charge in [0, 0.05) is 21.2 Å². The predicted octanol–water partition coefficient (Wildman–Crippen LogP) is 4.87. The fourth-order valence-corrected chi connectivity index (χ4v) is 4.02. The third-order valence-corrected chi connectivity index (χ3v) is 5.32. The van der Waals surface area contributed by atoms with Crippen LogP contribution in [0.15, 0.2) is 44.8 Å². The zero-order valence-corrected chi connectivity index (χ0v) is 12.9. The van der Waals surface area contributed by atoms with Crippen LogP contribution in [0.4, 0.5) is 0 Å². The molecule has 3 rings (SSSR count). The van der Waals surface area contributed by atoms with Crippen LogP contribution in [0.3, 0.4) is 0 Å². The Morgan fingerprint density at radius 2 is 2.16 bits per heavy atom. The van der Waals surface area contributed by atoms with Crippen molar-refractivity contribution in [2.75, 3.05) is 0 Å². The smallest absolute Gasteiger partial charge is 0.108 e. The molecule has 1 aromatic carbocycles. The molecule has 0 spiro atoms. The van der Waals surface area contributed by atoms with E-state index in [9.17, 15) is 0 Å². The van der Waals surface area contributed by atoms with Gasteiger partial charge in [-0.05, 0) is 44.4 Å². The standard InChI is InChI=1S/C15H14BrNOS/c1-2-13-10(6-7-18-13)14(17)11-8-19-15-9(11)4-3-5-12(15)16/h3-8,14H,2,17H2,1H3. The lowest BCUT2D eigenvalue weighted by Crippen LogP contribution is -2.12. The normalized spacial score (nSPS) is 13.0. The second-order valence-electron chi connectivity index (χ2n) is 4.44. The van der Waals surface area contributed by atoms with Crippen LogP contribution in [0, 0.1) is 0 Å². The summed E-state index contributed by atoms with van der Waals surface area (Å²) in [6, 6.07) is 8.08. The van der Waals surface area contributed by atoms with Crippen LogP contribution in [-0.2, 0) is 6.42 Å². The number of halogens is 1. The van der Waals surface area contributed by atoms with E-state index in [0.717, 1.165) is 27.8 Å². The number of furan rings is 1. The van der Waals surface area contributed by atoms with Gasteiger partial charge < -0.3 is 10.2 Å². The molecule has 1 unspecified atom stereocenters. The number of rotatable bonds is 3. The maximum atomic E-state index is 6.43. The average Bonchev–Trinajstić information content (AvgIpc) is 3.05. The van der Waals surface area contributed by atoms with Crippen LogP contribution in [0.2, 0.25) is 0 Å². The van der Waals surface area contributed by atoms with E-state index in [-0.39, 0.29) is 6.04 Å². The van der Waals surface area contributed by atoms with Crippen LogP contribution in [0.1, 0.15) is 29.9 Å². The van der Waals surface area contributed by atoms with Gasteiger partial charge in [-0.25, -0.2) is 0 Å². The van der Waals surface area contributed by atoms with Gasteiger partial charge in [0.15, 0.2) is 0 Å². The first-order chi connectivity index (χ1) is 9.22. The van der Waals surface area contributed by atoms with Gasteiger partial charge in [-0.2, -0.15) is 0 Å². The number of hydrogen-bond acceptors (Lipinski definition) is 3. The van der Waals surface area contributed by atoms with E-state index >= 15 is 0 Å². The number of thiophene rings is 1. The lowest BCUT2D eigenvalue weighted by molar-refractivity contribution is 0.509. The molecule has 0 radical (unpaired) electrons. The molecule has 4 heteroatoms. The van der Waals surface area contributed by atoms with E-state index in [1.54, 1.807) is 17.6 Å². The molecule has 0 saturated carbocycles. The molecule has 3 aromatic rings. The molecule has 0 saturated heterocycles. The monoisotopic (exact) mass is 335 g/mol. The Morgan fingerprint density at radius 3 is 2.95 bits per heavy atom. The molecule has 0 aliphatic carbocycles. The summed E-state index contributed by atoms with van der Waals surface area (Å²) < 4.78 is 7.85. The summed E-state index contributed by atoms with van der Waals surface area (Å²) in [5.41, 5.74) is 8.68. The molecule has 98 valence electrons. The Hall–Kier alpha value is -1.10. The molecule has 2 N–H and O–H groups in total. The molecule has 0 aliphatic heterocycles. The number of aryl methyl sites for hydroxylation is 1. The molecule has 0 amide bonds. The minimum atomic E-state index is -0.128. The minimum Gasteiger partial charge on any atom is -0.469 e. The molecule has 0 fully saturated rings. The molecule has 2 aromatic heterocycles. The first-order valence-corrected chi connectivity index (χ1v) is 7.87. The van der Waals surface area contributed by atoms with Crippen molar-refractivity contribution < 1.29 is 4.42 Å². The largest absolute Gasteiger partial charge is 0.469 e. The highest BCUT2D eigenvalue weighted by atomic mass is 79.9. The Kier molecular flexibility index (Phi) is 3.48. The van der Waals surface area contributed by atoms with Crippen LogP contribution in [0.5, 0.6) is 0 Å². The predicted molar refractivity (Wildman–Crippen MR) is 83.6 cm³/mol. The quantitative estimate of drug-likeness (QED) is 0.741. The molecular formula is C15H14BrNOS. The highest BCUT2D eigenvalue weighted by Gasteiger charge is 2.18.